The third-order valence-electron chi connectivity index (χ3n) is 5.39. The van der Waals surface area contributed by atoms with Gasteiger partial charge in [-0.05, 0) is 51.0 Å². The molecular weight excluding hydrogens is 488 g/mol. The number of amides is 3. The Balaban J connectivity index is 5.38. The van der Waals surface area contributed by atoms with E-state index < -0.39 is 59.7 Å². The maximum absolute atomic E-state index is 13.0. The molecule has 0 rings (SSSR count). The van der Waals surface area contributed by atoms with Crippen molar-refractivity contribution in [2.75, 3.05) is 13.1 Å². The molecule has 0 aliphatic heterocycles. The summed E-state index contributed by atoms with van der Waals surface area (Å²) in [6.45, 7) is 3.90. The molecule has 0 heterocycles. The van der Waals surface area contributed by atoms with Crippen LogP contribution in [0.4, 0.5) is 0 Å². The fourth-order valence-electron chi connectivity index (χ4n) is 3.26. The molecule has 13 N–H and O–H groups in total. The predicted molar refractivity (Wildman–Crippen MR) is 136 cm³/mol. The zero-order valence-electron chi connectivity index (χ0n) is 21.4. The number of nitrogens with two attached hydrogens (primary N) is 4. The molecule has 4 unspecified atom stereocenters. The van der Waals surface area contributed by atoms with Crippen molar-refractivity contribution in [3.8, 4) is 0 Å². The Hall–Kier alpha value is -3.46. The van der Waals surface area contributed by atoms with Crippen LogP contribution in [0.2, 0.25) is 0 Å². The fourth-order valence-corrected chi connectivity index (χ4v) is 3.26. The number of carboxylic acid groups (broad SMARTS) is 2. The number of aliphatic imine (C=N–C) groups is 1. The lowest BCUT2D eigenvalue weighted by atomic mass is 10.0. The number of carboxylic acids is 2. The van der Waals surface area contributed by atoms with E-state index in [2.05, 4.69) is 20.9 Å². The molecule has 15 heteroatoms. The molecule has 0 aliphatic rings. The Bertz CT molecular complexity index is 802. The van der Waals surface area contributed by atoms with Gasteiger partial charge in [-0.2, -0.15) is 0 Å². The molecular formula is C22H42N8O7. The lowest BCUT2D eigenvalue weighted by molar-refractivity contribution is -0.143. The number of rotatable bonds is 19. The van der Waals surface area contributed by atoms with Gasteiger partial charge in [0.2, 0.25) is 17.7 Å². The minimum Gasteiger partial charge on any atom is -0.481 e. The number of nitrogens with one attached hydrogen (secondary N) is 3. The minimum atomic E-state index is -1.26. The Kier molecular flexibility index (Phi) is 16.2. The van der Waals surface area contributed by atoms with Crippen LogP contribution < -0.4 is 38.9 Å². The second-order valence-corrected chi connectivity index (χ2v) is 8.96. The van der Waals surface area contributed by atoms with Crippen LogP contribution in [0, 0.1) is 5.92 Å². The standard InChI is InChI=1S/C22H42N8O7/c1-12(2)17(20(35)29-15(21(36)37)7-5-11-27-22(25)26)30-19(34)14(6-3-4-10-23)28-18(33)13(24)8-9-16(31)32/h12-15,17H,3-11,23-24H2,1-2H3,(H,28,33)(H,29,35)(H,30,34)(H,31,32)(H,36,37)(H4,25,26,27). The topological polar surface area (TPSA) is 278 Å². The lowest BCUT2D eigenvalue weighted by Crippen LogP contribution is -2.58. The Morgan fingerprint density at radius 3 is 1.92 bits per heavy atom. The van der Waals surface area contributed by atoms with Crippen LogP contribution in [0.25, 0.3) is 0 Å². The van der Waals surface area contributed by atoms with Crippen molar-refractivity contribution in [2.24, 2.45) is 33.8 Å². The molecule has 212 valence electrons. The van der Waals surface area contributed by atoms with Gasteiger partial charge in [0.15, 0.2) is 5.96 Å². The monoisotopic (exact) mass is 530 g/mol. The van der Waals surface area contributed by atoms with Gasteiger partial charge in [0.25, 0.3) is 0 Å². The number of aliphatic carboxylic acids is 2. The maximum Gasteiger partial charge on any atom is 0.326 e. The summed E-state index contributed by atoms with van der Waals surface area (Å²) in [5.74, 6) is -4.98. The second kappa shape index (κ2) is 17.9. The van der Waals surface area contributed by atoms with Crippen LogP contribution in [0.15, 0.2) is 4.99 Å². The van der Waals surface area contributed by atoms with Crippen molar-refractivity contribution in [1.82, 2.24) is 16.0 Å². The zero-order valence-corrected chi connectivity index (χ0v) is 21.4. The second-order valence-electron chi connectivity index (χ2n) is 8.96. The third kappa shape index (κ3) is 14.6. The highest BCUT2D eigenvalue weighted by Gasteiger charge is 2.31. The van der Waals surface area contributed by atoms with Crippen LogP contribution in [0.1, 0.15) is 58.8 Å². The van der Waals surface area contributed by atoms with E-state index in [4.69, 9.17) is 28.0 Å². The number of hydrogen-bond donors (Lipinski definition) is 9. The average Bonchev–Trinajstić information content (AvgIpc) is 2.81. The molecule has 0 bridgehead atoms. The SMILES string of the molecule is CC(C)C(NC(=O)C(CCCCN)NC(=O)C(N)CCC(=O)O)C(=O)NC(CCCN=C(N)N)C(=O)O. The van der Waals surface area contributed by atoms with Crippen LogP contribution in [-0.4, -0.2) is 83.1 Å². The van der Waals surface area contributed by atoms with Crippen LogP contribution in [0.3, 0.4) is 0 Å². The molecule has 37 heavy (non-hydrogen) atoms. The van der Waals surface area contributed by atoms with E-state index >= 15 is 0 Å². The van der Waals surface area contributed by atoms with Crippen LogP contribution in [0.5, 0.6) is 0 Å². The van der Waals surface area contributed by atoms with Crippen LogP contribution >= 0.6 is 0 Å². The molecule has 15 nitrogen and oxygen atoms in total. The largest absolute Gasteiger partial charge is 0.481 e. The minimum absolute atomic E-state index is 0.0582. The molecule has 0 saturated carbocycles. The van der Waals surface area contributed by atoms with E-state index in [1.54, 1.807) is 13.8 Å². The van der Waals surface area contributed by atoms with Gasteiger partial charge < -0.3 is 49.1 Å². The first kappa shape index (κ1) is 33.5. The summed E-state index contributed by atoms with van der Waals surface area (Å²) >= 11 is 0. The van der Waals surface area contributed by atoms with Crippen molar-refractivity contribution in [2.45, 2.75) is 83.0 Å². The van der Waals surface area contributed by atoms with Crippen molar-refractivity contribution in [3.05, 3.63) is 0 Å². The van der Waals surface area contributed by atoms with Crippen molar-refractivity contribution in [1.29, 1.82) is 0 Å². The van der Waals surface area contributed by atoms with E-state index in [-0.39, 0.29) is 38.2 Å². The summed E-state index contributed by atoms with van der Waals surface area (Å²) in [4.78, 5) is 64.5. The molecule has 0 aromatic carbocycles. The van der Waals surface area contributed by atoms with E-state index in [0.29, 0.717) is 25.8 Å². The molecule has 0 aromatic heterocycles. The van der Waals surface area contributed by atoms with Gasteiger partial charge in [0.05, 0.1) is 6.04 Å². The van der Waals surface area contributed by atoms with Gasteiger partial charge in [-0.1, -0.05) is 13.8 Å². The Morgan fingerprint density at radius 2 is 1.41 bits per heavy atom. The number of unbranched alkanes of at least 4 members (excludes halogenated alkanes) is 1. The average molecular weight is 531 g/mol. The predicted octanol–water partition coefficient (Wildman–Crippen LogP) is -2.44. The molecule has 0 aromatic rings. The molecule has 0 fully saturated rings. The maximum atomic E-state index is 13.0. The highest BCUT2D eigenvalue weighted by Crippen LogP contribution is 2.08. The molecule has 4 atom stereocenters. The van der Waals surface area contributed by atoms with Gasteiger partial charge in [-0.15, -0.1) is 0 Å². The van der Waals surface area contributed by atoms with Gasteiger partial charge in [0, 0.05) is 13.0 Å². The smallest absolute Gasteiger partial charge is 0.326 e. The molecule has 0 saturated heterocycles. The molecule has 0 radical (unpaired) electrons. The summed E-state index contributed by atoms with van der Waals surface area (Å²) in [5, 5.41) is 25.8. The highest BCUT2D eigenvalue weighted by atomic mass is 16.4. The highest BCUT2D eigenvalue weighted by molar-refractivity contribution is 5.94. The first-order chi connectivity index (χ1) is 17.3. The lowest BCUT2D eigenvalue weighted by Gasteiger charge is -2.27. The number of nitrogens with zero attached hydrogens (tertiary/aromatic N) is 1. The van der Waals surface area contributed by atoms with Crippen molar-refractivity contribution in [3.63, 3.8) is 0 Å². The van der Waals surface area contributed by atoms with Gasteiger partial charge >= 0.3 is 11.9 Å². The van der Waals surface area contributed by atoms with E-state index in [1.807, 2.05) is 0 Å². The number of carbonyl (C=O) groups is 5. The first-order valence-electron chi connectivity index (χ1n) is 12.2. The zero-order chi connectivity index (χ0) is 28.5. The number of carbonyl (C=O) groups excluding carboxylic acids is 3. The summed E-state index contributed by atoms with van der Waals surface area (Å²) in [6, 6.07) is -4.52. The molecule has 0 spiro atoms. The Labute approximate surface area is 216 Å². The van der Waals surface area contributed by atoms with Crippen molar-refractivity contribution >= 4 is 35.6 Å². The van der Waals surface area contributed by atoms with E-state index in [1.165, 1.54) is 0 Å². The van der Waals surface area contributed by atoms with Crippen molar-refractivity contribution < 1.29 is 34.2 Å². The number of hydrogen-bond acceptors (Lipinski definition) is 8. The van der Waals surface area contributed by atoms with Gasteiger partial charge in [0.1, 0.15) is 18.1 Å². The Morgan fingerprint density at radius 1 is 0.811 bits per heavy atom. The van der Waals surface area contributed by atoms with E-state index in [9.17, 15) is 29.1 Å². The van der Waals surface area contributed by atoms with Gasteiger partial charge in [-0.3, -0.25) is 24.2 Å². The summed E-state index contributed by atoms with van der Waals surface area (Å²) in [6.07, 6.45) is 1.21. The normalized spacial score (nSPS) is 14.1. The number of guanidine groups is 1. The summed E-state index contributed by atoms with van der Waals surface area (Å²) < 4.78 is 0. The first-order valence-corrected chi connectivity index (χ1v) is 12.2. The summed E-state index contributed by atoms with van der Waals surface area (Å²) in [5.41, 5.74) is 21.7. The molecule has 0 aliphatic carbocycles. The van der Waals surface area contributed by atoms with Crippen LogP contribution in [-0.2, 0) is 24.0 Å². The van der Waals surface area contributed by atoms with E-state index in [0.717, 1.165) is 0 Å². The third-order valence-corrected chi connectivity index (χ3v) is 5.39. The van der Waals surface area contributed by atoms with Gasteiger partial charge in [-0.25, -0.2) is 4.79 Å². The molecule has 3 amide bonds. The quantitative estimate of drug-likeness (QED) is 0.0480. The summed E-state index contributed by atoms with van der Waals surface area (Å²) in [7, 11) is 0. The fraction of sp³-hybridized carbons (Fsp3) is 0.727.